The predicted octanol–water partition coefficient (Wildman–Crippen LogP) is 22.9. The van der Waals surface area contributed by atoms with E-state index < -0.39 is 0 Å². The monoisotopic (exact) mass is 1070 g/mol. The minimum atomic E-state index is 0.741. The van der Waals surface area contributed by atoms with E-state index in [0.717, 1.165) is 133 Å². The molecule has 0 N–H and O–H groups in total. The van der Waals surface area contributed by atoms with Crippen molar-refractivity contribution >= 4 is 99.4 Å². The summed E-state index contributed by atoms with van der Waals surface area (Å²) in [4.78, 5) is 4.80. The lowest BCUT2D eigenvalue weighted by molar-refractivity contribution is 0.634. The summed E-state index contributed by atoms with van der Waals surface area (Å²) in [5, 5.41) is 8.52. The van der Waals surface area contributed by atoms with Crippen molar-refractivity contribution in [1.82, 2.24) is 0 Å². The Balaban J connectivity index is 0.890. The Bertz CT molecular complexity index is 4820. The van der Waals surface area contributed by atoms with Crippen molar-refractivity contribution in [1.29, 1.82) is 0 Å². The smallest absolute Gasteiger partial charge is 0.178 e. The van der Waals surface area contributed by atoms with Crippen molar-refractivity contribution in [2.75, 3.05) is 9.80 Å². The van der Waals surface area contributed by atoms with Gasteiger partial charge in [0.15, 0.2) is 11.2 Å². The number of hydrogen-bond acceptors (Lipinski definition) is 4. The highest BCUT2D eigenvalue weighted by atomic mass is 16.4. The Morgan fingerprint density at radius 2 is 0.807 bits per heavy atom. The lowest BCUT2D eigenvalue weighted by Crippen LogP contribution is -2.18. The van der Waals surface area contributed by atoms with Gasteiger partial charge in [-0.15, -0.1) is 0 Å². The first-order chi connectivity index (χ1) is 40.6. The number of fused-ring (bicyclic) bond motifs is 9. The molecule has 0 atom stereocenters. The van der Waals surface area contributed by atoms with Crippen LogP contribution in [0.4, 0.5) is 28.4 Å². The van der Waals surface area contributed by atoms with Gasteiger partial charge in [0.2, 0.25) is 0 Å². The molecule has 0 aliphatic heterocycles. The fourth-order valence-corrected chi connectivity index (χ4v) is 12.1. The van der Waals surface area contributed by atoms with Gasteiger partial charge in [0.05, 0.1) is 0 Å². The second-order valence-corrected chi connectivity index (χ2v) is 22.0. The maximum atomic E-state index is 6.98. The summed E-state index contributed by atoms with van der Waals surface area (Å²) in [5.41, 5.74) is 23.2. The predicted molar refractivity (Wildman–Crippen MR) is 353 cm³/mol. The number of furan rings is 2. The summed E-state index contributed by atoms with van der Waals surface area (Å²) in [5.74, 6) is 0. The van der Waals surface area contributed by atoms with Gasteiger partial charge in [-0.3, -0.25) is 0 Å². The molecule has 4 nitrogen and oxygen atoms in total. The van der Waals surface area contributed by atoms with Crippen molar-refractivity contribution in [3.05, 3.63) is 301 Å². The molecule has 12 aromatic carbocycles. The molecule has 83 heavy (non-hydrogen) atoms. The summed E-state index contributed by atoms with van der Waals surface area (Å²) in [6, 6.07) is 89.7. The Labute approximate surface area is 484 Å². The van der Waals surface area contributed by atoms with Gasteiger partial charge in [-0.05, 0) is 208 Å². The maximum absolute atomic E-state index is 6.98. The number of anilines is 5. The fourth-order valence-electron chi connectivity index (χ4n) is 12.1. The molecule has 2 aromatic heterocycles. The SMILES string of the molecule is C=C(C)/C(=C\C(=C/C)c1ccccc1)N(c1ccc2cc3c(cc2c1)oc1c3ccc2c3cc4ccc(N(c5cc(-c6ccccc6)ccc5C)c5cc(-c6ccccc6)ccc5C)cc4cc3oc21)c1cc(-c2ccccc2)ccc1C. The minimum Gasteiger partial charge on any atom is -0.452 e. The van der Waals surface area contributed by atoms with E-state index >= 15 is 0 Å². The Morgan fingerprint density at radius 3 is 1.27 bits per heavy atom. The maximum Gasteiger partial charge on any atom is 0.178 e. The third-order valence-corrected chi connectivity index (χ3v) is 16.5. The van der Waals surface area contributed by atoms with Gasteiger partial charge in [-0.1, -0.05) is 183 Å². The molecule has 0 fully saturated rings. The lowest BCUT2D eigenvalue weighted by atomic mass is 9.98. The van der Waals surface area contributed by atoms with Gasteiger partial charge in [0, 0.05) is 55.7 Å². The first-order valence-corrected chi connectivity index (χ1v) is 28.5. The number of rotatable bonds is 12. The molecule has 0 radical (unpaired) electrons. The first-order valence-electron chi connectivity index (χ1n) is 28.5. The average molecular weight is 1070 g/mol. The topological polar surface area (TPSA) is 32.8 Å². The van der Waals surface area contributed by atoms with E-state index in [1.807, 2.05) is 0 Å². The normalized spacial score (nSPS) is 12.1. The molecule has 0 saturated carbocycles. The van der Waals surface area contributed by atoms with Crippen LogP contribution < -0.4 is 9.80 Å². The fraction of sp³-hybridized carbons (Fsp3) is 0.0633. The van der Waals surface area contributed by atoms with Crippen LogP contribution in [0.15, 0.2) is 288 Å². The molecule has 0 bridgehead atoms. The number of allylic oxidation sites excluding steroid dienone is 4. The first kappa shape index (κ1) is 50.8. The zero-order valence-electron chi connectivity index (χ0n) is 47.2. The van der Waals surface area contributed by atoms with Crippen molar-refractivity contribution in [2.24, 2.45) is 0 Å². The summed E-state index contributed by atoms with van der Waals surface area (Å²) in [7, 11) is 0. The van der Waals surface area contributed by atoms with Crippen LogP contribution >= 0.6 is 0 Å². The number of nitrogens with zero attached hydrogens (tertiary/aromatic N) is 2. The standard InChI is InChI=1S/C79H60N2O2/c1-7-54(55-20-12-8-13-21-55)44-72(50(2)3)80(73-45-61(31-28-51(73)4)56-22-14-9-15-23-56)66-36-34-59-42-70-68-38-39-69-71-43-60-35-37-67(41-65(60)49-77(71)83-79(69)78(68)82-76(70)48-64(59)40-66)81(74-46-62(32-29-52(74)5)57-24-16-10-17-25-57)75-47-63(33-30-53(75)6)58-26-18-11-19-27-58/h7-49H,2H2,1,3-6H3/b54-7+,72-44+. The van der Waals surface area contributed by atoms with Gasteiger partial charge in [0.1, 0.15) is 11.2 Å². The average Bonchev–Trinajstić information content (AvgIpc) is 2.64. The quantitative estimate of drug-likeness (QED) is 0.114. The summed E-state index contributed by atoms with van der Waals surface area (Å²) < 4.78 is 14.0. The Kier molecular flexibility index (Phi) is 12.8. The van der Waals surface area contributed by atoms with E-state index in [9.17, 15) is 0 Å². The molecular weight excluding hydrogens is 1010 g/mol. The molecule has 0 spiro atoms. The lowest BCUT2D eigenvalue weighted by Gasteiger charge is -2.31. The Hall–Kier alpha value is -10.4. The highest BCUT2D eigenvalue weighted by molar-refractivity contribution is 6.21. The van der Waals surface area contributed by atoms with Crippen molar-refractivity contribution in [3.63, 3.8) is 0 Å². The molecule has 0 saturated heterocycles. The number of aryl methyl sites for hydroxylation is 3. The molecule has 0 aliphatic rings. The van der Waals surface area contributed by atoms with E-state index in [-0.39, 0.29) is 0 Å². The van der Waals surface area contributed by atoms with Crippen molar-refractivity contribution in [2.45, 2.75) is 34.6 Å². The molecule has 14 aromatic rings. The summed E-state index contributed by atoms with van der Waals surface area (Å²) in [6.07, 6.45) is 4.45. The van der Waals surface area contributed by atoms with E-state index in [1.54, 1.807) is 0 Å². The van der Waals surface area contributed by atoms with Crippen LogP contribution in [0.25, 0.3) is 104 Å². The van der Waals surface area contributed by atoms with E-state index in [2.05, 4.69) is 312 Å². The summed E-state index contributed by atoms with van der Waals surface area (Å²) >= 11 is 0. The van der Waals surface area contributed by atoms with E-state index in [1.165, 1.54) is 33.4 Å². The highest BCUT2D eigenvalue weighted by Gasteiger charge is 2.24. The summed E-state index contributed by atoms with van der Waals surface area (Å²) in [6.45, 7) is 15.4. The molecule has 398 valence electrons. The van der Waals surface area contributed by atoms with Crippen molar-refractivity contribution in [3.8, 4) is 33.4 Å². The highest BCUT2D eigenvalue weighted by Crippen LogP contribution is 2.46. The van der Waals surface area contributed by atoms with E-state index in [4.69, 9.17) is 8.83 Å². The van der Waals surface area contributed by atoms with Crippen LogP contribution in [0.1, 0.15) is 36.1 Å². The molecule has 0 amide bonds. The molecular formula is C79H60N2O2. The van der Waals surface area contributed by atoms with Crippen LogP contribution in [0.3, 0.4) is 0 Å². The van der Waals surface area contributed by atoms with E-state index in [0.29, 0.717) is 0 Å². The zero-order chi connectivity index (χ0) is 56.3. The molecule has 14 rings (SSSR count). The second-order valence-electron chi connectivity index (χ2n) is 22.0. The third kappa shape index (κ3) is 9.25. The van der Waals surface area contributed by atoms with Crippen LogP contribution in [0.5, 0.6) is 0 Å². The van der Waals surface area contributed by atoms with Crippen LogP contribution in [0, 0.1) is 20.8 Å². The van der Waals surface area contributed by atoms with Gasteiger partial charge < -0.3 is 18.6 Å². The largest absolute Gasteiger partial charge is 0.452 e. The van der Waals surface area contributed by atoms with Gasteiger partial charge in [0.25, 0.3) is 0 Å². The number of hydrogen-bond donors (Lipinski definition) is 0. The molecule has 4 heteroatoms. The van der Waals surface area contributed by atoms with Crippen LogP contribution in [0.2, 0.25) is 0 Å². The van der Waals surface area contributed by atoms with Gasteiger partial charge >= 0.3 is 0 Å². The van der Waals surface area contributed by atoms with Gasteiger partial charge in [-0.25, -0.2) is 0 Å². The second kappa shape index (κ2) is 20.9. The molecule has 2 heterocycles. The minimum absolute atomic E-state index is 0.741. The molecule has 0 aliphatic carbocycles. The number of benzene rings is 12. The Morgan fingerprint density at radius 1 is 0.386 bits per heavy atom. The third-order valence-electron chi connectivity index (χ3n) is 16.5. The zero-order valence-corrected chi connectivity index (χ0v) is 47.2. The van der Waals surface area contributed by atoms with Gasteiger partial charge in [-0.2, -0.15) is 0 Å². The van der Waals surface area contributed by atoms with Crippen molar-refractivity contribution < 1.29 is 8.83 Å². The van der Waals surface area contributed by atoms with Crippen LogP contribution in [-0.2, 0) is 0 Å². The molecule has 0 unspecified atom stereocenters. The van der Waals surface area contributed by atoms with Crippen LogP contribution in [-0.4, -0.2) is 0 Å².